The van der Waals surface area contributed by atoms with Crippen molar-refractivity contribution >= 4 is 23.4 Å². The minimum absolute atomic E-state index is 0.0420. The molecule has 3 aromatic rings. The van der Waals surface area contributed by atoms with Gasteiger partial charge in [-0.25, -0.2) is 4.98 Å². The van der Waals surface area contributed by atoms with Crippen molar-refractivity contribution in [1.29, 1.82) is 0 Å². The van der Waals surface area contributed by atoms with Crippen LogP contribution in [0.5, 0.6) is 17.4 Å². The molecule has 0 bridgehead atoms. The van der Waals surface area contributed by atoms with E-state index in [0.29, 0.717) is 29.7 Å². The summed E-state index contributed by atoms with van der Waals surface area (Å²) >= 11 is 1.57. The predicted octanol–water partition coefficient (Wildman–Crippen LogP) is 4.46. The van der Waals surface area contributed by atoms with Gasteiger partial charge in [-0.15, -0.1) is 11.8 Å². The Hall–Kier alpha value is -3.19. The highest BCUT2D eigenvalue weighted by atomic mass is 32.2. The Morgan fingerprint density at radius 1 is 1.03 bits per heavy atom. The maximum Gasteiger partial charge on any atom is 0.238 e. The van der Waals surface area contributed by atoms with Crippen molar-refractivity contribution in [2.75, 3.05) is 24.9 Å². The zero-order chi connectivity index (χ0) is 20.9. The number of benzene rings is 2. The topological polar surface area (TPSA) is 60.9 Å². The lowest BCUT2D eigenvalue weighted by molar-refractivity contribution is -0.115. The van der Waals surface area contributed by atoms with Crippen molar-refractivity contribution in [3.05, 3.63) is 78.0 Å². The van der Waals surface area contributed by atoms with Crippen molar-refractivity contribution in [1.82, 2.24) is 4.98 Å². The first-order valence-electron chi connectivity index (χ1n) is 9.48. The molecule has 0 spiro atoms. The molecule has 6 nitrogen and oxygen atoms in total. The predicted molar refractivity (Wildman–Crippen MR) is 117 cm³/mol. The SMILES string of the molecule is COc1ccc(N2C(=O)CSC2c2ccc(OCc3ccccc3)c(OC)c2)cn1. The average Bonchev–Trinajstić information content (AvgIpc) is 3.19. The smallest absolute Gasteiger partial charge is 0.238 e. The number of hydrogen-bond donors (Lipinski definition) is 0. The van der Waals surface area contributed by atoms with Crippen LogP contribution >= 0.6 is 11.8 Å². The molecule has 0 saturated carbocycles. The summed E-state index contributed by atoms with van der Waals surface area (Å²) in [5, 5.41) is -0.162. The van der Waals surface area contributed by atoms with Crippen LogP contribution in [0.2, 0.25) is 0 Å². The first-order chi connectivity index (χ1) is 14.7. The molecule has 2 aromatic carbocycles. The van der Waals surface area contributed by atoms with E-state index in [9.17, 15) is 4.79 Å². The van der Waals surface area contributed by atoms with Gasteiger partial charge in [-0.1, -0.05) is 36.4 Å². The largest absolute Gasteiger partial charge is 0.493 e. The quantitative estimate of drug-likeness (QED) is 0.560. The van der Waals surface area contributed by atoms with Gasteiger partial charge < -0.3 is 14.2 Å². The lowest BCUT2D eigenvalue weighted by Gasteiger charge is -2.25. The maximum atomic E-state index is 12.6. The number of carbonyl (C=O) groups excluding carboxylic acids is 1. The Balaban J connectivity index is 1.56. The van der Waals surface area contributed by atoms with Crippen molar-refractivity contribution in [3.8, 4) is 17.4 Å². The molecular formula is C23H22N2O4S. The highest BCUT2D eigenvalue weighted by molar-refractivity contribution is 8.00. The third kappa shape index (κ3) is 4.21. The summed E-state index contributed by atoms with van der Waals surface area (Å²) in [6, 6.07) is 19.4. The highest BCUT2D eigenvalue weighted by Crippen LogP contribution is 2.44. The summed E-state index contributed by atoms with van der Waals surface area (Å²) in [4.78, 5) is 18.6. The van der Waals surface area contributed by atoms with Crippen molar-refractivity contribution in [3.63, 3.8) is 0 Å². The summed E-state index contributed by atoms with van der Waals surface area (Å²) in [5.74, 6) is 2.26. The van der Waals surface area contributed by atoms with Crippen LogP contribution < -0.4 is 19.1 Å². The molecule has 0 radical (unpaired) electrons. The monoisotopic (exact) mass is 422 g/mol. The van der Waals surface area contributed by atoms with Crippen molar-refractivity contribution < 1.29 is 19.0 Å². The number of amides is 1. The van der Waals surface area contributed by atoms with E-state index in [4.69, 9.17) is 14.2 Å². The van der Waals surface area contributed by atoms with Crippen molar-refractivity contribution in [2.24, 2.45) is 0 Å². The molecule has 30 heavy (non-hydrogen) atoms. The van der Waals surface area contributed by atoms with Crippen LogP contribution in [-0.4, -0.2) is 30.9 Å². The molecule has 0 N–H and O–H groups in total. The number of thioether (sulfide) groups is 1. The Morgan fingerprint density at radius 2 is 1.87 bits per heavy atom. The Morgan fingerprint density at radius 3 is 2.57 bits per heavy atom. The van der Waals surface area contributed by atoms with Crippen LogP contribution in [0.25, 0.3) is 0 Å². The minimum Gasteiger partial charge on any atom is -0.493 e. The standard InChI is InChI=1S/C23H22N2O4S/c1-27-20-12-17(8-10-19(20)29-14-16-6-4-3-5-7-16)23-25(22(26)15-30-23)18-9-11-21(28-2)24-13-18/h3-13,23H,14-15H2,1-2H3. The Labute approximate surface area is 179 Å². The van der Waals surface area contributed by atoms with Gasteiger partial charge in [0, 0.05) is 6.07 Å². The van der Waals surface area contributed by atoms with E-state index in [0.717, 1.165) is 16.8 Å². The van der Waals surface area contributed by atoms with Crippen LogP contribution in [0.4, 0.5) is 5.69 Å². The van der Waals surface area contributed by atoms with E-state index in [2.05, 4.69) is 4.98 Å². The minimum atomic E-state index is -0.162. The fraction of sp³-hybridized carbons (Fsp3) is 0.217. The fourth-order valence-electron chi connectivity index (χ4n) is 3.28. The number of hydrogen-bond acceptors (Lipinski definition) is 6. The molecule has 1 unspecified atom stereocenters. The molecular weight excluding hydrogens is 400 g/mol. The summed E-state index contributed by atoms with van der Waals surface area (Å²) in [7, 11) is 3.18. The molecule has 1 aromatic heterocycles. The summed E-state index contributed by atoms with van der Waals surface area (Å²) < 4.78 is 16.6. The first kappa shape index (κ1) is 20.1. The van der Waals surface area contributed by atoms with E-state index in [1.807, 2.05) is 54.6 Å². The number of methoxy groups -OCH3 is 2. The molecule has 1 atom stereocenters. The highest BCUT2D eigenvalue weighted by Gasteiger charge is 2.34. The summed E-state index contributed by atoms with van der Waals surface area (Å²) in [6.07, 6.45) is 1.66. The molecule has 2 heterocycles. The second-order valence-electron chi connectivity index (χ2n) is 6.67. The van der Waals surface area contributed by atoms with Crippen LogP contribution in [0.15, 0.2) is 66.9 Å². The van der Waals surface area contributed by atoms with Gasteiger partial charge in [0.25, 0.3) is 0 Å². The Kier molecular flexibility index (Phi) is 6.09. The van der Waals surface area contributed by atoms with Gasteiger partial charge in [0.1, 0.15) is 12.0 Å². The summed E-state index contributed by atoms with van der Waals surface area (Å²) in [5.41, 5.74) is 2.78. The third-order valence-electron chi connectivity index (χ3n) is 4.79. The van der Waals surface area contributed by atoms with Gasteiger partial charge in [-0.05, 0) is 29.3 Å². The number of anilines is 1. The van der Waals surface area contributed by atoms with E-state index in [-0.39, 0.29) is 11.3 Å². The van der Waals surface area contributed by atoms with E-state index < -0.39 is 0 Å². The number of aromatic nitrogens is 1. The Bertz CT molecular complexity index is 1010. The zero-order valence-corrected chi connectivity index (χ0v) is 17.6. The molecule has 0 aliphatic carbocycles. The normalized spacial score (nSPS) is 15.9. The number of nitrogens with zero attached hydrogens (tertiary/aromatic N) is 2. The fourth-order valence-corrected chi connectivity index (χ4v) is 4.44. The van der Waals surface area contributed by atoms with Gasteiger partial charge in [-0.3, -0.25) is 9.69 Å². The summed E-state index contributed by atoms with van der Waals surface area (Å²) in [6.45, 7) is 0.455. The number of rotatable bonds is 7. The number of pyridine rings is 1. The molecule has 1 aliphatic heterocycles. The lowest BCUT2D eigenvalue weighted by atomic mass is 10.1. The maximum absolute atomic E-state index is 12.6. The third-order valence-corrected chi connectivity index (χ3v) is 6.00. The van der Waals surface area contributed by atoms with E-state index in [1.165, 1.54) is 0 Å². The molecule has 1 amide bonds. The molecule has 1 saturated heterocycles. The molecule has 1 fully saturated rings. The molecule has 1 aliphatic rings. The number of carbonyl (C=O) groups is 1. The number of ether oxygens (including phenoxy) is 3. The van der Waals surface area contributed by atoms with Crippen LogP contribution in [0.3, 0.4) is 0 Å². The van der Waals surface area contributed by atoms with Crippen LogP contribution in [-0.2, 0) is 11.4 Å². The van der Waals surface area contributed by atoms with Gasteiger partial charge in [0.15, 0.2) is 11.5 Å². The van der Waals surface area contributed by atoms with Gasteiger partial charge in [0.05, 0.1) is 31.9 Å². The second-order valence-corrected chi connectivity index (χ2v) is 7.74. The lowest BCUT2D eigenvalue weighted by Crippen LogP contribution is -2.27. The van der Waals surface area contributed by atoms with Crippen LogP contribution in [0, 0.1) is 0 Å². The first-order valence-corrected chi connectivity index (χ1v) is 10.5. The molecule has 154 valence electrons. The van der Waals surface area contributed by atoms with E-state index >= 15 is 0 Å². The van der Waals surface area contributed by atoms with E-state index in [1.54, 1.807) is 43.1 Å². The van der Waals surface area contributed by atoms with Gasteiger partial charge in [0.2, 0.25) is 11.8 Å². The molecule has 7 heteroatoms. The van der Waals surface area contributed by atoms with Gasteiger partial charge >= 0.3 is 0 Å². The average molecular weight is 423 g/mol. The van der Waals surface area contributed by atoms with Crippen LogP contribution in [0.1, 0.15) is 16.5 Å². The molecule has 4 rings (SSSR count). The second kappa shape index (κ2) is 9.09. The zero-order valence-electron chi connectivity index (χ0n) is 16.8. The van der Waals surface area contributed by atoms with Gasteiger partial charge in [-0.2, -0.15) is 0 Å². The van der Waals surface area contributed by atoms with Crippen molar-refractivity contribution in [2.45, 2.75) is 12.0 Å².